The molecule has 128 valence electrons. The van der Waals surface area contributed by atoms with Crippen molar-refractivity contribution in [3.63, 3.8) is 0 Å². The summed E-state index contributed by atoms with van der Waals surface area (Å²) in [6.45, 7) is 3.43. The summed E-state index contributed by atoms with van der Waals surface area (Å²) in [5.74, 6) is -0.0912. The topological polar surface area (TPSA) is 50.4 Å². The van der Waals surface area contributed by atoms with Crippen molar-refractivity contribution >= 4 is 11.6 Å². The third-order valence-corrected chi connectivity index (χ3v) is 3.26. The van der Waals surface area contributed by atoms with Crippen LogP contribution in [0, 0.1) is 6.92 Å². The van der Waals surface area contributed by atoms with Crippen LogP contribution < -0.4 is 15.6 Å². The second-order valence-electron chi connectivity index (χ2n) is 5.23. The Morgan fingerprint density at radius 1 is 1.08 bits per heavy atom. The van der Waals surface area contributed by atoms with Crippen LogP contribution in [0.15, 0.2) is 48.5 Å². The van der Waals surface area contributed by atoms with E-state index < -0.39 is 23.8 Å². The van der Waals surface area contributed by atoms with E-state index in [0.717, 1.165) is 11.6 Å². The van der Waals surface area contributed by atoms with Gasteiger partial charge in [0.1, 0.15) is 5.75 Å². The number of amides is 1. The number of benzene rings is 2. The summed E-state index contributed by atoms with van der Waals surface area (Å²) in [4.78, 5) is 12.0. The molecule has 0 bridgehead atoms. The van der Waals surface area contributed by atoms with Gasteiger partial charge < -0.3 is 4.74 Å². The largest absolute Gasteiger partial charge is 0.481 e. The number of para-hydroxylation sites is 1. The van der Waals surface area contributed by atoms with E-state index in [0.29, 0.717) is 5.75 Å². The molecule has 0 fully saturated rings. The highest BCUT2D eigenvalue weighted by Gasteiger charge is 2.33. The zero-order valence-corrected chi connectivity index (χ0v) is 13.1. The monoisotopic (exact) mass is 338 g/mol. The highest BCUT2D eigenvalue weighted by Crippen LogP contribution is 2.34. The molecule has 0 aliphatic rings. The van der Waals surface area contributed by atoms with Gasteiger partial charge in [-0.1, -0.05) is 29.8 Å². The summed E-state index contributed by atoms with van der Waals surface area (Å²) < 4.78 is 44.1. The molecule has 0 aliphatic carbocycles. The number of carbonyl (C=O) groups excluding carboxylic acids is 1. The van der Waals surface area contributed by atoms with E-state index in [-0.39, 0.29) is 5.69 Å². The van der Waals surface area contributed by atoms with Crippen LogP contribution in [0.25, 0.3) is 0 Å². The molecular weight excluding hydrogens is 321 g/mol. The van der Waals surface area contributed by atoms with Crippen molar-refractivity contribution in [1.29, 1.82) is 0 Å². The Morgan fingerprint density at radius 2 is 1.71 bits per heavy atom. The molecule has 0 spiro atoms. The second kappa shape index (κ2) is 7.25. The minimum Gasteiger partial charge on any atom is -0.481 e. The molecule has 2 aromatic rings. The fraction of sp³-hybridized carbons (Fsp3) is 0.235. The first-order valence-corrected chi connectivity index (χ1v) is 7.23. The quantitative estimate of drug-likeness (QED) is 0.813. The minimum atomic E-state index is -4.52. The fourth-order valence-corrected chi connectivity index (χ4v) is 1.94. The van der Waals surface area contributed by atoms with Gasteiger partial charge in [-0.15, -0.1) is 0 Å². The first-order valence-electron chi connectivity index (χ1n) is 7.23. The molecule has 0 aromatic heterocycles. The molecule has 1 atom stereocenters. The van der Waals surface area contributed by atoms with Crippen molar-refractivity contribution in [2.24, 2.45) is 0 Å². The molecule has 0 saturated heterocycles. The smallest absolute Gasteiger partial charge is 0.418 e. The van der Waals surface area contributed by atoms with Crippen LogP contribution in [0.5, 0.6) is 5.75 Å². The number of hydrazine groups is 1. The number of anilines is 1. The van der Waals surface area contributed by atoms with Gasteiger partial charge >= 0.3 is 6.18 Å². The van der Waals surface area contributed by atoms with E-state index >= 15 is 0 Å². The van der Waals surface area contributed by atoms with Crippen molar-refractivity contribution in [3.05, 3.63) is 59.7 Å². The number of nitrogens with one attached hydrogen (secondary N) is 2. The van der Waals surface area contributed by atoms with E-state index in [1.54, 1.807) is 12.1 Å². The summed E-state index contributed by atoms with van der Waals surface area (Å²) in [7, 11) is 0. The van der Waals surface area contributed by atoms with Crippen molar-refractivity contribution in [3.8, 4) is 5.75 Å². The molecule has 4 nitrogen and oxygen atoms in total. The summed E-state index contributed by atoms with van der Waals surface area (Å²) >= 11 is 0. The zero-order chi connectivity index (χ0) is 17.7. The van der Waals surface area contributed by atoms with Gasteiger partial charge in [-0.3, -0.25) is 15.6 Å². The van der Waals surface area contributed by atoms with Gasteiger partial charge in [0, 0.05) is 0 Å². The van der Waals surface area contributed by atoms with Gasteiger partial charge in [-0.05, 0) is 38.1 Å². The van der Waals surface area contributed by atoms with Crippen LogP contribution in [0.2, 0.25) is 0 Å². The normalized spacial score (nSPS) is 12.4. The lowest BCUT2D eigenvalue weighted by atomic mass is 10.2. The highest BCUT2D eigenvalue weighted by atomic mass is 19.4. The number of halogens is 3. The average Bonchev–Trinajstić information content (AvgIpc) is 2.54. The highest BCUT2D eigenvalue weighted by molar-refractivity contribution is 5.82. The lowest BCUT2D eigenvalue weighted by molar-refractivity contribution is -0.137. The van der Waals surface area contributed by atoms with Crippen molar-refractivity contribution in [1.82, 2.24) is 5.43 Å². The number of rotatable bonds is 5. The zero-order valence-electron chi connectivity index (χ0n) is 13.1. The number of alkyl halides is 3. The number of carbonyl (C=O) groups is 1. The Balaban J connectivity index is 1.97. The lowest BCUT2D eigenvalue weighted by Crippen LogP contribution is -2.40. The maximum absolute atomic E-state index is 12.9. The van der Waals surface area contributed by atoms with Gasteiger partial charge in [0.15, 0.2) is 6.10 Å². The van der Waals surface area contributed by atoms with Crippen LogP contribution in [0.4, 0.5) is 18.9 Å². The molecule has 1 amide bonds. The predicted molar refractivity (Wildman–Crippen MR) is 84.5 cm³/mol. The van der Waals surface area contributed by atoms with Crippen LogP contribution in [0.3, 0.4) is 0 Å². The summed E-state index contributed by atoms with van der Waals surface area (Å²) in [5.41, 5.74) is 4.47. The average molecular weight is 338 g/mol. The standard InChI is InChI=1S/C17H17F3N2O2/c1-11-7-9-13(10-8-11)24-12(2)16(23)22-21-15-6-4-3-5-14(15)17(18,19)20/h3-10,12,21H,1-2H3,(H,22,23). The number of hydrogen-bond donors (Lipinski definition) is 2. The maximum atomic E-state index is 12.9. The summed E-state index contributed by atoms with van der Waals surface area (Å²) in [6.07, 6.45) is -5.39. The molecule has 2 N–H and O–H groups in total. The van der Waals surface area contributed by atoms with Gasteiger partial charge in [0.25, 0.3) is 5.91 Å². The molecule has 0 saturated carbocycles. The van der Waals surface area contributed by atoms with Gasteiger partial charge in [-0.2, -0.15) is 13.2 Å². The third kappa shape index (κ3) is 4.65. The Bertz CT molecular complexity index is 700. The minimum absolute atomic E-state index is 0.235. The van der Waals surface area contributed by atoms with Crippen LogP contribution in [-0.2, 0) is 11.0 Å². The number of aryl methyl sites for hydroxylation is 1. The molecule has 24 heavy (non-hydrogen) atoms. The first kappa shape index (κ1) is 17.7. The van der Waals surface area contributed by atoms with E-state index in [1.807, 2.05) is 19.1 Å². The van der Waals surface area contributed by atoms with Crippen LogP contribution >= 0.6 is 0 Å². The lowest BCUT2D eigenvalue weighted by Gasteiger charge is -2.18. The molecule has 2 rings (SSSR count). The molecule has 1 unspecified atom stereocenters. The predicted octanol–water partition coefficient (Wildman–Crippen LogP) is 3.92. The molecule has 0 aliphatic heterocycles. The third-order valence-electron chi connectivity index (χ3n) is 3.26. The Kier molecular flexibility index (Phi) is 5.33. The SMILES string of the molecule is Cc1ccc(OC(C)C(=O)NNc2ccccc2C(F)(F)F)cc1. The molecule has 2 aromatic carbocycles. The molecule has 0 heterocycles. The van der Waals surface area contributed by atoms with Crippen LogP contribution in [-0.4, -0.2) is 12.0 Å². The first-order chi connectivity index (χ1) is 11.3. The second-order valence-corrected chi connectivity index (χ2v) is 5.23. The van der Waals surface area contributed by atoms with Crippen LogP contribution in [0.1, 0.15) is 18.1 Å². The van der Waals surface area contributed by atoms with Crippen molar-refractivity contribution < 1.29 is 22.7 Å². The van der Waals surface area contributed by atoms with E-state index in [4.69, 9.17) is 4.74 Å². The molecule has 0 radical (unpaired) electrons. The number of hydrogen-bond acceptors (Lipinski definition) is 3. The Morgan fingerprint density at radius 3 is 2.33 bits per heavy atom. The molecule has 7 heteroatoms. The summed E-state index contributed by atoms with van der Waals surface area (Å²) in [6, 6.07) is 12.0. The van der Waals surface area contributed by atoms with Gasteiger partial charge in [0.2, 0.25) is 0 Å². The van der Waals surface area contributed by atoms with Crippen molar-refractivity contribution in [2.75, 3.05) is 5.43 Å². The number of ether oxygens (including phenoxy) is 1. The Labute approximate surface area is 137 Å². The maximum Gasteiger partial charge on any atom is 0.418 e. The Hall–Kier alpha value is -2.70. The fourth-order valence-electron chi connectivity index (χ4n) is 1.94. The van der Waals surface area contributed by atoms with Crippen molar-refractivity contribution in [2.45, 2.75) is 26.1 Å². The van der Waals surface area contributed by atoms with E-state index in [1.165, 1.54) is 25.1 Å². The van der Waals surface area contributed by atoms with E-state index in [9.17, 15) is 18.0 Å². The summed E-state index contributed by atoms with van der Waals surface area (Å²) in [5, 5.41) is 0. The molecular formula is C17H17F3N2O2. The van der Waals surface area contributed by atoms with E-state index in [2.05, 4.69) is 10.9 Å². The van der Waals surface area contributed by atoms with Gasteiger partial charge in [0.05, 0.1) is 11.3 Å². The van der Waals surface area contributed by atoms with Gasteiger partial charge in [-0.25, -0.2) is 0 Å².